The van der Waals surface area contributed by atoms with E-state index in [0.717, 1.165) is 0 Å². The summed E-state index contributed by atoms with van der Waals surface area (Å²) in [4.78, 5) is 20.8. The highest BCUT2D eigenvalue weighted by atomic mass is 35.5. The SMILES string of the molecule is C#CC1CC(=O)N(c2nc(Cl)ncc2N)C1. The Kier molecular flexibility index (Phi) is 2.67. The number of nitrogen functional groups attached to an aromatic ring is 1. The van der Waals surface area contributed by atoms with Crippen molar-refractivity contribution in [2.75, 3.05) is 17.2 Å². The van der Waals surface area contributed by atoms with E-state index in [-0.39, 0.29) is 17.1 Å². The largest absolute Gasteiger partial charge is 0.394 e. The number of halogens is 1. The molecule has 0 saturated carbocycles. The summed E-state index contributed by atoms with van der Waals surface area (Å²) < 4.78 is 0. The van der Waals surface area contributed by atoms with E-state index in [9.17, 15) is 4.79 Å². The van der Waals surface area contributed by atoms with Crippen LogP contribution in [0, 0.1) is 18.3 Å². The van der Waals surface area contributed by atoms with Crippen LogP contribution in [0.1, 0.15) is 6.42 Å². The van der Waals surface area contributed by atoms with Gasteiger partial charge in [0.15, 0.2) is 5.82 Å². The molecule has 1 aromatic heterocycles. The molecule has 82 valence electrons. The van der Waals surface area contributed by atoms with Crippen LogP contribution in [0.15, 0.2) is 6.20 Å². The molecule has 1 saturated heterocycles. The average molecular weight is 237 g/mol. The molecule has 0 bridgehead atoms. The van der Waals surface area contributed by atoms with E-state index in [1.165, 1.54) is 11.1 Å². The first kappa shape index (κ1) is 10.7. The third-order valence-electron chi connectivity index (χ3n) is 2.38. The molecule has 5 nitrogen and oxygen atoms in total. The maximum Gasteiger partial charge on any atom is 0.229 e. The second-order valence-electron chi connectivity index (χ2n) is 3.49. The highest BCUT2D eigenvalue weighted by Crippen LogP contribution is 2.27. The fourth-order valence-corrected chi connectivity index (χ4v) is 1.73. The van der Waals surface area contributed by atoms with Gasteiger partial charge < -0.3 is 5.73 Å². The van der Waals surface area contributed by atoms with Crippen molar-refractivity contribution < 1.29 is 4.79 Å². The normalized spacial score (nSPS) is 19.9. The number of aromatic nitrogens is 2. The van der Waals surface area contributed by atoms with Gasteiger partial charge in [-0.05, 0) is 11.6 Å². The van der Waals surface area contributed by atoms with Gasteiger partial charge in [0.1, 0.15) is 0 Å². The number of amides is 1. The van der Waals surface area contributed by atoms with Crippen molar-refractivity contribution >= 4 is 29.0 Å². The van der Waals surface area contributed by atoms with Gasteiger partial charge in [-0.2, -0.15) is 4.98 Å². The van der Waals surface area contributed by atoms with Crippen LogP contribution in [0.3, 0.4) is 0 Å². The van der Waals surface area contributed by atoms with Gasteiger partial charge in [0, 0.05) is 18.9 Å². The summed E-state index contributed by atoms with van der Waals surface area (Å²) >= 11 is 5.66. The van der Waals surface area contributed by atoms with Crippen molar-refractivity contribution in [2.45, 2.75) is 6.42 Å². The van der Waals surface area contributed by atoms with E-state index < -0.39 is 0 Å². The summed E-state index contributed by atoms with van der Waals surface area (Å²) in [6.07, 6.45) is 6.98. The second-order valence-corrected chi connectivity index (χ2v) is 3.83. The first-order valence-corrected chi connectivity index (χ1v) is 5.04. The van der Waals surface area contributed by atoms with E-state index in [1.807, 2.05) is 0 Å². The first-order chi connectivity index (χ1) is 7.61. The lowest BCUT2D eigenvalue weighted by molar-refractivity contribution is -0.117. The third kappa shape index (κ3) is 1.79. The Labute approximate surface area is 97.6 Å². The Balaban J connectivity index is 2.35. The topological polar surface area (TPSA) is 72.1 Å². The molecule has 0 spiro atoms. The van der Waals surface area contributed by atoms with Crippen LogP contribution in [0.4, 0.5) is 11.5 Å². The molecular weight excluding hydrogens is 228 g/mol. The summed E-state index contributed by atoms with van der Waals surface area (Å²) in [5.74, 6) is 2.69. The van der Waals surface area contributed by atoms with Gasteiger partial charge in [-0.3, -0.25) is 9.69 Å². The lowest BCUT2D eigenvalue weighted by Crippen LogP contribution is -2.26. The number of anilines is 2. The molecule has 1 fully saturated rings. The maximum atomic E-state index is 11.7. The lowest BCUT2D eigenvalue weighted by atomic mass is 10.1. The number of hydrogen-bond donors (Lipinski definition) is 1. The van der Waals surface area contributed by atoms with Gasteiger partial charge in [-0.1, -0.05) is 0 Å². The van der Waals surface area contributed by atoms with Crippen LogP contribution >= 0.6 is 11.6 Å². The van der Waals surface area contributed by atoms with E-state index in [1.54, 1.807) is 0 Å². The molecule has 1 aliphatic rings. The lowest BCUT2D eigenvalue weighted by Gasteiger charge is -2.16. The van der Waals surface area contributed by atoms with Crippen LogP contribution in [0.2, 0.25) is 5.28 Å². The number of carbonyl (C=O) groups is 1. The van der Waals surface area contributed by atoms with E-state index in [2.05, 4.69) is 15.9 Å². The monoisotopic (exact) mass is 236 g/mol. The quantitative estimate of drug-likeness (QED) is 0.576. The Morgan fingerprint density at radius 3 is 3.06 bits per heavy atom. The molecule has 2 N–H and O–H groups in total. The number of nitrogens with two attached hydrogens (primary N) is 1. The molecule has 6 heteroatoms. The fourth-order valence-electron chi connectivity index (χ4n) is 1.60. The summed E-state index contributed by atoms with van der Waals surface area (Å²) in [5, 5.41) is 0.0566. The van der Waals surface area contributed by atoms with E-state index in [0.29, 0.717) is 24.5 Å². The van der Waals surface area contributed by atoms with Crippen molar-refractivity contribution in [2.24, 2.45) is 5.92 Å². The van der Waals surface area contributed by atoms with E-state index in [4.69, 9.17) is 23.8 Å². The Hall–Kier alpha value is -1.80. The molecule has 1 unspecified atom stereocenters. The zero-order valence-electron chi connectivity index (χ0n) is 8.35. The molecule has 1 amide bonds. The molecule has 16 heavy (non-hydrogen) atoms. The smallest absolute Gasteiger partial charge is 0.229 e. The molecule has 2 heterocycles. The minimum Gasteiger partial charge on any atom is -0.394 e. The molecule has 0 aromatic carbocycles. The molecule has 1 atom stereocenters. The van der Waals surface area contributed by atoms with E-state index >= 15 is 0 Å². The number of carbonyl (C=O) groups excluding carboxylic acids is 1. The second kappa shape index (κ2) is 3.99. The third-order valence-corrected chi connectivity index (χ3v) is 2.57. The number of rotatable bonds is 1. The Bertz CT molecular complexity index is 482. The summed E-state index contributed by atoms with van der Waals surface area (Å²) in [6.45, 7) is 0.423. The van der Waals surface area contributed by atoms with Crippen LogP contribution in [0.25, 0.3) is 0 Å². The van der Waals surface area contributed by atoms with Crippen molar-refractivity contribution in [3.63, 3.8) is 0 Å². The molecule has 2 rings (SSSR count). The maximum absolute atomic E-state index is 11.7. The van der Waals surface area contributed by atoms with Gasteiger partial charge in [0.05, 0.1) is 11.9 Å². The molecule has 1 aromatic rings. The molecule has 1 aliphatic heterocycles. The fraction of sp³-hybridized carbons (Fsp3) is 0.300. The minimum absolute atomic E-state index is 0.0566. The predicted octanol–water partition coefficient (Wildman–Crippen LogP) is 0.698. The number of hydrogen-bond acceptors (Lipinski definition) is 4. The van der Waals surface area contributed by atoms with Crippen molar-refractivity contribution in [3.05, 3.63) is 11.5 Å². The number of nitrogens with zero attached hydrogens (tertiary/aromatic N) is 3. The van der Waals surface area contributed by atoms with Gasteiger partial charge in [-0.15, -0.1) is 12.3 Å². The summed E-state index contributed by atoms with van der Waals surface area (Å²) in [7, 11) is 0. The average Bonchev–Trinajstić information content (AvgIpc) is 2.63. The van der Waals surface area contributed by atoms with Crippen LogP contribution in [-0.2, 0) is 4.79 Å². The predicted molar refractivity (Wildman–Crippen MR) is 60.7 cm³/mol. The van der Waals surface area contributed by atoms with Gasteiger partial charge in [0.2, 0.25) is 11.2 Å². The zero-order valence-corrected chi connectivity index (χ0v) is 9.11. The van der Waals surface area contributed by atoms with Gasteiger partial charge in [0.25, 0.3) is 0 Å². The van der Waals surface area contributed by atoms with Crippen molar-refractivity contribution in [3.8, 4) is 12.3 Å². The summed E-state index contributed by atoms with van der Waals surface area (Å²) in [5.41, 5.74) is 6.00. The first-order valence-electron chi connectivity index (χ1n) is 4.66. The standard InChI is InChI=1S/C10H9ClN4O/c1-2-6-3-8(16)15(5-6)9-7(12)4-13-10(11)14-9/h1,4,6H,3,5,12H2. The van der Waals surface area contributed by atoms with Crippen molar-refractivity contribution in [1.29, 1.82) is 0 Å². The Morgan fingerprint density at radius 1 is 1.69 bits per heavy atom. The summed E-state index contributed by atoms with van der Waals surface area (Å²) in [6, 6.07) is 0. The van der Waals surface area contributed by atoms with Crippen LogP contribution < -0.4 is 10.6 Å². The van der Waals surface area contributed by atoms with Crippen LogP contribution in [-0.4, -0.2) is 22.4 Å². The molecular formula is C10H9ClN4O. The highest BCUT2D eigenvalue weighted by Gasteiger charge is 2.31. The van der Waals surface area contributed by atoms with Gasteiger partial charge in [-0.25, -0.2) is 4.98 Å². The highest BCUT2D eigenvalue weighted by molar-refractivity contribution is 6.28. The van der Waals surface area contributed by atoms with Crippen molar-refractivity contribution in [1.82, 2.24) is 9.97 Å². The van der Waals surface area contributed by atoms with Gasteiger partial charge >= 0.3 is 0 Å². The number of terminal acetylenes is 1. The molecule has 0 radical (unpaired) electrons. The minimum atomic E-state index is -0.0966. The Morgan fingerprint density at radius 2 is 2.44 bits per heavy atom. The van der Waals surface area contributed by atoms with Crippen LogP contribution in [0.5, 0.6) is 0 Å². The molecule has 0 aliphatic carbocycles. The zero-order chi connectivity index (χ0) is 11.7.